The minimum absolute atomic E-state index is 0.236. The van der Waals surface area contributed by atoms with Crippen molar-refractivity contribution in [3.63, 3.8) is 0 Å². The largest absolute Gasteiger partial charge is 0.372 e. The van der Waals surface area contributed by atoms with Crippen molar-refractivity contribution in [3.8, 4) is 0 Å². The number of piperidine rings is 1. The summed E-state index contributed by atoms with van der Waals surface area (Å²) >= 11 is 0. The maximum atomic E-state index is 6.04. The second-order valence-electron chi connectivity index (χ2n) is 5.47. The van der Waals surface area contributed by atoms with Crippen molar-refractivity contribution < 1.29 is 4.74 Å². The summed E-state index contributed by atoms with van der Waals surface area (Å²) in [5, 5.41) is 0. The zero-order valence-electron chi connectivity index (χ0n) is 10.8. The Balaban J connectivity index is 1.70. The molecule has 98 valence electrons. The third-order valence-corrected chi connectivity index (χ3v) is 4.06. The van der Waals surface area contributed by atoms with Crippen molar-refractivity contribution in [2.24, 2.45) is 5.73 Å². The average Bonchev–Trinajstić information content (AvgIpc) is 2.39. The number of nitrogens with zero attached hydrogens (tertiary/aromatic N) is 1. The normalized spacial score (nSPS) is 28.9. The van der Waals surface area contributed by atoms with Gasteiger partial charge < -0.3 is 10.5 Å². The highest BCUT2D eigenvalue weighted by Crippen LogP contribution is 2.28. The Morgan fingerprint density at radius 3 is 3.11 bits per heavy atom. The van der Waals surface area contributed by atoms with Gasteiger partial charge in [0.1, 0.15) is 0 Å². The molecule has 2 heterocycles. The molecule has 0 bridgehead atoms. The number of hydrogen-bond donors (Lipinski definition) is 1. The van der Waals surface area contributed by atoms with Crippen LogP contribution in [0.4, 0.5) is 0 Å². The molecule has 0 radical (unpaired) electrons. The summed E-state index contributed by atoms with van der Waals surface area (Å²) in [7, 11) is 0. The standard InChI is InChI=1S/C15H22N2O/c16-13-5-3-8-17(10-13)11-15-14-6-2-1-4-12(14)7-9-18-15/h1-2,4,6,13,15H,3,5,7-11,16H2. The van der Waals surface area contributed by atoms with E-state index in [4.69, 9.17) is 10.5 Å². The predicted octanol–water partition coefficient (Wildman–Crippen LogP) is 1.72. The van der Waals surface area contributed by atoms with E-state index in [0.29, 0.717) is 6.04 Å². The summed E-state index contributed by atoms with van der Waals surface area (Å²) in [6.45, 7) is 4.02. The van der Waals surface area contributed by atoms with E-state index in [1.165, 1.54) is 24.0 Å². The van der Waals surface area contributed by atoms with Gasteiger partial charge in [0.2, 0.25) is 0 Å². The molecule has 0 aliphatic carbocycles. The van der Waals surface area contributed by atoms with Crippen LogP contribution in [0.2, 0.25) is 0 Å². The Morgan fingerprint density at radius 1 is 1.33 bits per heavy atom. The van der Waals surface area contributed by atoms with Crippen LogP contribution < -0.4 is 5.73 Å². The van der Waals surface area contributed by atoms with Crippen LogP contribution in [0, 0.1) is 0 Å². The van der Waals surface area contributed by atoms with Crippen LogP contribution in [0.1, 0.15) is 30.1 Å². The van der Waals surface area contributed by atoms with Crippen molar-refractivity contribution in [1.82, 2.24) is 4.90 Å². The highest BCUT2D eigenvalue weighted by Gasteiger charge is 2.25. The number of hydrogen-bond acceptors (Lipinski definition) is 3. The monoisotopic (exact) mass is 246 g/mol. The molecule has 2 N–H and O–H groups in total. The minimum atomic E-state index is 0.236. The number of likely N-dealkylation sites (tertiary alicyclic amines) is 1. The molecule has 3 nitrogen and oxygen atoms in total. The van der Waals surface area contributed by atoms with E-state index in [9.17, 15) is 0 Å². The molecule has 18 heavy (non-hydrogen) atoms. The highest BCUT2D eigenvalue weighted by molar-refractivity contribution is 5.31. The van der Waals surface area contributed by atoms with Crippen molar-refractivity contribution in [1.29, 1.82) is 0 Å². The zero-order chi connectivity index (χ0) is 12.4. The summed E-state index contributed by atoms with van der Waals surface area (Å²) in [4.78, 5) is 2.46. The fourth-order valence-corrected chi connectivity index (χ4v) is 3.12. The van der Waals surface area contributed by atoms with Crippen molar-refractivity contribution >= 4 is 0 Å². The van der Waals surface area contributed by atoms with Gasteiger partial charge in [-0.2, -0.15) is 0 Å². The van der Waals surface area contributed by atoms with Gasteiger partial charge in [0.25, 0.3) is 0 Å². The molecular weight excluding hydrogens is 224 g/mol. The molecule has 1 aromatic rings. The Bertz CT molecular complexity index is 407. The Hall–Kier alpha value is -0.900. The number of nitrogens with two attached hydrogens (primary N) is 1. The summed E-state index contributed by atoms with van der Waals surface area (Å²) in [5.41, 5.74) is 8.87. The van der Waals surface area contributed by atoms with Gasteiger partial charge in [-0.25, -0.2) is 0 Å². The molecule has 2 aliphatic rings. The van der Waals surface area contributed by atoms with Crippen LogP contribution in [0.3, 0.4) is 0 Å². The summed E-state index contributed by atoms with van der Waals surface area (Å²) < 4.78 is 5.96. The Labute approximate surface area is 109 Å². The molecule has 1 saturated heterocycles. The number of fused-ring (bicyclic) bond motifs is 1. The third kappa shape index (κ3) is 2.58. The van der Waals surface area contributed by atoms with Gasteiger partial charge in [0.05, 0.1) is 12.7 Å². The predicted molar refractivity (Wildman–Crippen MR) is 72.5 cm³/mol. The topological polar surface area (TPSA) is 38.5 Å². The van der Waals surface area contributed by atoms with Crippen molar-refractivity contribution in [2.45, 2.75) is 31.4 Å². The fraction of sp³-hybridized carbons (Fsp3) is 0.600. The number of rotatable bonds is 2. The molecule has 0 spiro atoms. The van der Waals surface area contributed by atoms with Crippen molar-refractivity contribution in [3.05, 3.63) is 35.4 Å². The van der Waals surface area contributed by atoms with Gasteiger partial charge in [0, 0.05) is 19.1 Å². The van der Waals surface area contributed by atoms with E-state index in [1.54, 1.807) is 0 Å². The smallest absolute Gasteiger partial charge is 0.0954 e. The van der Waals surface area contributed by atoms with Crippen LogP contribution in [0.5, 0.6) is 0 Å². The molecule has 0 saturated carbocycles. The lowest BCUT2D eigenvalue weighted by Crippen LogP contribution is -2.45. The Kier molecular flexibility index (Phi) is 3.64. The molecule has 2 atom stereocenters. The molecule has 3 rings (SSSR count). The molecule has 1 fully saturated rings. The minimum Gasteiger partial charge on any atom is -0.372 e. The summed E-state index contributed by atoms with van der Waals surface area (Å²) in [6.07, 6.45) is 3.67. The number of benzene rings is 1. The molecule has 2 aliphatic heterocycles. The van der Waals surface area contributed by atoms with E-state index >= 15 is 0 Å². The zero-order valence-corrected chi connectivity index (χ0v) is 10.8. The average molecular weight is 246 g/mol. The fourth-order valence-electron chi connectivity index (χ4n) is 3.12. The maximum Gasteiger partial charge on any atom is 0.0954 e. The van der Waals surface area contributed by atoms with E-state index in [0.717, 1.165) is 32.7 Å². The molecule has 0 aromatic heterocycles. The van der Waals surface area contributed by atoms with Gasteiger partial charge in [-0.1, -0.05) is 24.3 Å². The molecular formula is C15H22N2O. The van der Waals surface area contributed by atoms with Crippen LogP contribution in [0.15, 0.2) is 24.3 Å². The molecule has 2 unspecified atom stereocenters. The first-order valence-corrected chi connectivity index (χ1v) is 7.00. The van der Waals surface area contributed by atoms with Gasteiger partial charge in [-0.05, 0) is 36.9 Å². The van der Waals surface area contributed by atoms with Crippen LogP contribution >= 0.6 is 0 Å². The van der Waals surface area contributed by atoms with Crippen molar-refractivity contribution in [2.75, 3.05) is 26.2 Å². The van der Waals surface area contributed by atoms with E-state index in [1.807, 2.05) is 0 Å². The van der Waals surface area contributed by atoms with Crippen LogP contribution in [-0.4, -0.2) is 37.2 Å². The van der Waals surface area contributed by atoms with Crippen LogP contribution in [0.25, 0.3) is 0 Å². The number of ether oxygens (including phenoxy) is 1. The van der Waals surface area contributed by atoms with Crippen LogP contribution in [-0.2, 0) is 11.2 Å². The van der Waals surface area contributed by atoms with E-state index < -0.39 is 0 Å². The molecule has 1 aromatic carbocycles. The second-order valence-corrected chi connectivity index (χ2v) is 5.47. The van der Waals surface area contributed by atoms with E-state index in [2.05, 4.69) is 29.2 Å². The van der Waals surface area contributed by atoms with Gasteiger partial charge in [0.15, 0.2) is 0 Å². The Morgan fingerprint density at radius 2 is 2.22 bits per heavy atom. The van der Waals surface area contributed by atoms with Gasteiger partial charge in [-0.15, -0.1) is 0 Å². The lowest BCUT2D eigenvalue weighted by Gasteiger charge is -2.35. The molecule has 0 amide bonds. The first-order chi connectivity index (χ1) is 8.83. The summed E-state index contributed by atoms with van der Waals surface area (Å²) in [5.74, 6) is 0. The third-order valence-electron chi connectivity index (χ3n) is 4.06. The lowest BCUT2D eigenvalue weighted by molar-refractivity contribution is 0.0105. The maximum absolute atomic E-state index is 6.04. The van der Waals surface area contributed by atoms with Gasteiger partial charge >= 0.3 is 0 Å². The first-order valence-electron chi connectivity index (χ1n) is 7.00. The highest BCUT2D eigenvalue weighted by atomic mass is 16.5. The first kappa shape index (κ1) is 12.2. The van der Waals surface area contributed by atoms with Gasteiger partial charge in [-0.3, -0.25) is 4.90 Å². The SMILES string of the molecule is NC1CCCN(CC2OCCc3ccccc32)C1. The summed E-state index contributed by atoms with van der Waals surface area (Å²) in [6, 6.07) is 9.02. The quantitative estimate of drug-likeness (QED) is 0.863. The van der Waals surface area contributed by atoms with E-state index in [-0.39, 0.29) is 6.10 Å². The molecule has 3 heteroatoms. The lowest BCUT2D eigenvalue weighted by atomic mass is 9.96. The second kappa shape index (κ2) is 5.39.